The predicted molar refractivity (Wildman–Crippen MR) is 183 cm³/mol. The standard InChI is InChI=1S/C36H34ClN3O4S/c1-4-39(5-2)36(43)44-38-31(20-21-45-28-16-14-27(37)15-17-28)35(42)26-13-19-33-30(23-26)29-22-25(12-18-32(29)40(33)6-3)34(41)24-10-8-7-9-11-24/h7-19,22-23H,4-6,20-21H2,1-3H3. The third kappa shape index (κ3) is 7.13. The highest BCUT2D eigenvalue weighted by Gasteiger charge is 2.21. The van der Waals surface area contributed by atoms with Gasteiger partial charge in [0.1, 0.15) is 5.71 Å². The zero-order valence-corrected chi connectivity index (χ0v) is 27.0. The van der Waals surface area contributed by atoms with Gasteiger partial charge in [0.15, 0.2) is 5.78 Å². The van der Waals surface area contributed by atoms with Crippen molar-refractivity contribution in [2.45, 2.75) is 38.6 Å². The Labute approximate surface area is 271 Å². The van der Waals surface area contributed by atoms with Crippen LogP contribution in [-0.2, 0) is 11.4 Å². The van der Waals surface area contributed by atoms with Gasteiger partial charge < -0.3 is 9.47 Å². The van der Waals surface area contributed by atoms with Crippen molar-refractivity contribution in [3.8, 4) is 0 Å². The Kier molecular flexibility index (Phi) is 10.4. The van der Waals surface area contributed by atoms with Gasteiger partial charge in [-0.15, -0.1) is 11.8 Å². The van der Waals surface area contributed by atoms with Gasteiger partial charge in [0.2, 0.25) is 5.78 Å². The topological polar surface area (TPSA) is 81.0 Å². The molecule has 0 N–H and O–H groups in total. The number of thioether (sulfide) groups is 1. The molecule has 9 heteroatoms. The second kappa shape index (κ2) is 14.6. The Morgan fingerprint density at radius 3 is 2.04 bits per heavy atom. The van der Waals surface area contributed by atoms with Crippen molar-refractivity contribution in [1.82, 2.24) is 9.47 Å². The van der Waals surface area contributed by atoms with Crippen molar-refractivity contribution in [3.63, 3.8) is 0 Å². The molecule has 0 atom stereocenters. The van der Waals surface area contributed by atoms with E-state index in [9.17, 15) is 14.4 Å². The van der Waals surface area contributed by atoms with E-state index in [0.717, 1.165) is 33.2 Å². The highest BCUT2D eigenvalue weighted by Crippen LogP contribution is 2.32. The minimum atomic E-state index is -0.604. The number of carbonyl (C=O) groups excluding carboxylic acids is 3. The molecule has 5 aromatic rings. The van der Waals surface area contributed by atoms with Crippen molar-refractivity contribution in [2.75, 3.05) is 18.8 Å². The quantitative estimate of drug-likeness (QED) is 0.0448. The van der Waals surface area contributed by atoms with E-state index in [0.29, 0.717) is 40.6 Å². The van der Waals surface area contributed by atoms with E-state index in [4.69, 9.17) is 16.4 Å². The zero-order valence-electron chi connectivity index (χ0n) is 25.5. The number of aromatic nitrogens is 1. The van der Waals surface area contributed by atoms with Crippen molar-refractivity contribution >= 4 is 68.5 Å². The molecule has 7 nitrogen and oxygen atoms in total. The molecular weight excluding hydrogens is 606 g/mol. The minimum Gasteiger partial charge on any atom is -0.341 e. The fourth-order valence-corrected chi connectivity index (χ4v) is 6.27. The van der Waals surface area contributed by atoms with Crippen LogP contribution < -0.4 is 0 Å². The average molecular weight is 640 g/mol. The van der Waals surface area contributed by atoms with Crippen LogP contribution in [0.4, 0.5) is 4.79 Å². The van der Waals surface area contributed by atoms with Gasteiger partial charge in [-0.05, 0) is 81.4 Å². The van der Waals surface area contributed by atoms with E-state index < -0.39 is 6.09 Å². The Hall–Kier alpha value is -4.40. The highest BCUT2D eigenvalue weighted by atomic mass is 35.5. The number of carbonyl (C=O) groups is 3. The summed E-state index contributed by atoms with van der Waals surface area (Å²) >= 11 is 7.58. The van der Waals surface area contributed by atoms with Crippen molar-refractivity contribution in [1.29, 1.82) is 0 Å². The lowest BCUT2D eigenvalue weighted by Crippen LogP contribution is -2.30. The highest BCUT2D eigenvalue weighted by molar-refractivity contribution is 7.99. The molecular formula is C36H34ClN3O4S. The zero-order chi connectivity index (χ0) is 31.9. The number of rotatable bonds is 12. The Balaban J connectivity index is 1.50. The van der Waals surface area contributed by atoms with Crippen molar-refractivity contribution in [3.05, 3.63) is 113 Å². The first kappa shape index (κ1) is 32.0. The number of amides is 1. The number of nitrogens with zero attached hydrogens (tertiary/aromatic N) is 3. The van der Waals surface area contributed by atoms with Crippen LogP contribution >= 0.6 is 23.4 Å². The molecule has 1 amide bonds. The number of hydrogen-bond donors (Lipinski definition) is 0. The van der Waals surface area contributed by atoms with Crippen LogP contribution in [0.25, 0.3) is 21.8 Å². The molecule has 1 heterocycles. The summed E-state index contributed by atoms with van der Waals surface area (Å²) in [4.78, 5) is 47.6. The number of ketones is 2. The molecule has 0 bridgehead atoms. The van der Waals surface area contributed by atoms with Gasteiger partial charge in [-0.2, -0.15) is 0 Å². The fraction of sp³-hybridized carbons (Fsp3) is 0.222. The lowest BCUT2D eigenvalue weighted by Gasteiger charge is -2.15. The molecule has 0 aliphatic carbocycles. The molecule has 230 valence electrons. The maximum atomic E-state index is 13.9. The van der Waals surface area contributed by atoms with Crippen molar-refractivity contribution in [2.24, 2.45) is 5.16 Å². The summed E-state index contributed by atoms with van der Waals surface area (Å²) in [7, 11) is 0. The average Bonchev–Trinajstić information content (AvgIpc) is 3.39. The molecule has 4 aromatic carbocycles. The van der Waals surface area contributed by atoms with Crippen LogP contribution in [0, 0.1) is 0 Å². The molecule has 0 radical (unpaired) electrons. The first-order valence-electron chi connectivity index (χ1n) is 15.0. The Morgan fingerprint density at radius 2 is 1.42 bits per heavy atom. The smallest absolute Gasteiger partial charge is 0.341 e. The molecule has 0 spiro atoms. The SMILES string of the molecule is CCN(CC)C(=O)ON=C(CCSc1ccc(Cl)cc1)C(=O)c1ccc2c(c1)c1cc(C(=O)c3ccccc3)ccc1n2CC. The van der Waals surface area contributed by atoms with Gasteiger partial charge in [-0.3, -0.25) is 14.4 Å². The number of Topliss-reactive ketones (excluding diaryl/α,β-unsaturated/α-hetero) is 1. The van der Waals surface area contributed by atoms with Gasteiger partial charge in [0.05, 0.1) is 0 Å². The maximum absolute atomic E-state index is 13.9. The van der Waals surface area contributed by atoms with Gasteiger partial charge in [-0.25, -0.2) is 4.79 Å². The molecule has 5 rings (SSSR count). The third-order valence-corrected chi connectivity index (χ3v) is 8.95. The van der Waals surface area contributed by atoms with Crippen LogP contribution in [0.15, 0.2) is 101 Å². The Bertz CT molecular complexity index is 1880. The number of benzene rings is 4. The normalized spacial score (nSPS) is 11.6. The van der Waals surface area contributed by atoms with Gasteiger partial charge >= 0.3 is 6.09 Å². The first-order chi connectivity index (χ1) is 21.8. The number of halogens is 1. The molecule has 0 saturated carbocycles. The minimum absolute atomic E-state index is 0.0650. The van der Waals surface area contributed by atoms with Gasteiger partial charge in [-0.1, -0.05) is 47.1 Å². The van der Waals surface area contributed by atoms with Crippen LogP contribution in [0.5, 0.6) is 0 Å². The van der Waals surface area contributed by atoms with Crippen molar-refractivity contribution < 1.29 is 19.2 Å². The van der Waals surface area contributed by atoms with Gasteiger partial charge in [0, 0.05) is 80.2 Å². The summed E-state index contributed by atoms with van der Waals surface area (Å²) in [5, 5.41) is 6.48. The largest absolute Gasteiger partial charge is 0.435 e. The number of aryl methyl sites for hydroxylation is 1. The first-order valence-corrected chi connectivity index (χ1v) is 16.3. The third-order valence-electron chi connectivity index (χ3n) is 7.68. The second-order valence-electron chi connectivity index (χ2n) is 10.4. The van der Waals surface area contributed by atoms with E-state index in [-0.39, 0.29) is 23.7 Å². The molecule has 0 aliphatic rings. The van der Waals surface area contributed by atoms with E-state index >= 15 is 0 Å². The summed E-state index contributed by atoms with van der Waals surface area (Å²) in [5.74, 6) is 0.150. The molecule has 0 saturated heterocycles. The molecule has 45 heavy (non-hydrogen) atoms. The van der Waals surface area contributed by atoms with E-state index in [1.54, 1.807) is 30.0 Å². The molecule has 1 aromatic heterocycles. The summed E-state index contributed by atoms with van der Waals surface area (Å²) in [6.07, 6.45) is -0.324. The lowest BCUT2D eigenvalue weighted by atomic mass is 9.99. The Morgan fingerprint density at radius 1 is 0.800 bits per heavy atom. The summed E-state index contributed by atoms with van der Waals surface area (Å²) in [6, 6.07) is 27.9. The molecule has 0 unspecified atom stereocenters. The lowest BCUT2D eigenvalue weighted by molar-refractivity contribution is 0.102. The number of hydrogen-bond acceptors (Lipinski definition) is 6. The van der Waals surface area contributed by atoms with E-state index in [2.05, 4.69) is 16.6 Å². The summed E-state index contributed by atoms with van der Waals surface area (Å²) in [6.45, 7) is 7.42. The number of fused-ring (bicyclic) bond motifs is 3. The van der Waals surface area contributed by atoms with Gasteiger partial charge in [0.25, 0.3) is 0 Å². The monoisotopic (exact) mass is 639 g/mol. The van der Waals surface area contributed by atoms with E-state index in [1.807, 2.05) is 86.6 Å². The second-order valence-corrected chi connectivity index (χ2v) is 12.0. The molecule has 0 aliphatic heterocycles. The molecule has 0 fully saturated rings. The predicted octanol–water partition coefficient (Wildman–Crippen LogP) is 8.90. The fourth-order valence-electron chi connectivity index (χ4n) is 5.28. The maximum Gasteiger partial charge on any atom is 0.435 e. The van der Waals surface area contributed by atoms with E-state index in [1.165, 1.54) is 4.90 Å². The van der Waals surface area contributed by atoms with Crippen LogP contribution in [0.1, 0.15) is 53.5 Å². The summed E-state index contributed by atoms with van der Waals surface area (Å²) in [5.41, 5.74) is 3.69. The summed E-state index contributed by atoms with van der Waals surface area (Å²) < 4.78 is 2.17. The van der Waals surface area contributed by atoms with Crippen LogP contribution in [-0.4, -0.2) is 51.7 Å². The van der Waals surface area contributed by atoms with Crippen LogP contribution in [0.3, 0.4) is 0 Å². The van der Waals surface area contributed by atoms with Crippen LogP contribution in [0.2, 0.25) is 5.02 Å². The number of oxime groups is 1.